The van der Waals surface area contributed by atoms with E-state index >= 15 is 0 Å². The Labute approximate surface area is 244 Å². The summed E-state index contributed by atoms with van der Waals surface area (Å²) in [4.78, 5) is 26.3. The highest BCUT2D eigenvalue weighted by Gasteiger charge is 2.33. The largest absolute Gasteiger partial charge is 0.368 e. The van der Waals surface area contributed by atoms with E-state index in [4.69, 9.17) is 4.74 Å². The highest BCUT2D eigenvalue weighted by molar-refractivity contribution is 7.88. The molecule has 0 aliphatic carbocycles. The molecule has 4 heterocycles. The van der Waals surface area contributed by atoms with E-state index in [-0.39, 0.29) is 24.2 Å². The van der Waals surface area contributed by atoms with Gasteiger partial charge < -0.3 is 19.9 Å². The molecule has 1 N–H and O–H groups in total. The summed E-state index contributed by atoms with van der Waals surface area (Å²) in [5, 5.41) is 3.37. The molecule has 2 atom stereocenters. The highest BCUT2D eigenvalue weighted by Crippen LogP contribution is 2.31. The number of carbonyl (C=O) groups is 1. The van der Waals surface area contributed by atoms with Crippen molar-refractivity contribution in [2.75, 3.05) is 51.3 Å². The molecule has 0 bridgehead atoms. The van der Waals surface area contributed by atoms with Gasteiger partial charge in [-0.1, -0.05) is 29.8 Å². The van der Waals surface area contributed by atoms with Gasteiger partial charge in [-0.25, -0.2) is 22.7 Å². The molecule has 3 aliphatic rings. The van der Waals surface area contributed by atoms with Crippen LogP contribution in [0.2, 0.25) is 0 Å². The molecule has 0 saturated carbocycles. The molecule has 3 saturated heterocycles. The van der Waals surface area contributed by atoms with Gasteiger partial charge in [-0.15, -0.1) is 0 Å². The van der Waals surface area contributed by atoms with Crippen molar-refractivity contribution in [1.29, 1.82) is 0 Å². The first-order chi connectivity index (χ1) is 19.7. The van der Waals surface area contributed by atoms with Crippen molar-refractivity contribution in [2.45, 2.75) is 76.2 Å². The lowest BCUT2D eigenvalue weighted by molar-refractivity contribution is -0.0442. The number of hydrogen-bond donors (Lipinski definition) is 1. The summed E-state index contributed by atoms with van der Waals surface area (Å²) in [6, 6.07) is 10.8. The number of piperidine rings is 2. The van der Waals surface area contributed by atoms with Crippen molar-refractivity contribution in [3.8, 4) is 0 Å². The normalized spacial score (nSPS) is 23.6. The Hall–Kier alpha value is -2.60. The standard InChI is InChI=1S/C30H44N6O4S/c1-22-7-9-23(10-8-22)28-6-4-5-26(40-28)20-31-29-19-27(32-21-33-29)30(37)36-17-13-25(14-18-36)35-15-11-24(12-16-35)34(2)41(3,38)39/h7-10,19,21,24-26,28H,4-6,11-18,20H2,1-3H3,(H,31,32,33). The maximum atomic E-state index is 13.3. The zero-order valence-corrected chi connectivity index (χ0v) is 25.4. The molecule has 0 spiro atoms. The second kappa shape index (κ2) is 13.1. The summed E-state index contributed by atoms with van der Waals surface area (Å²) in [6.45, 7) is 5.89. The van der Waals surface area contributed by atoms with E-state index in [0.29, 0.717) is 37.2 Å². The Morgan fingerprint density at radius 2 is 1.73 bits per heavy atom. The number of carbonyl (C=O) groups excluding carboxylic acids is 1. The van der Waals surface area contributed by atoms with Gasteiger partial charge in [0.05, 0.1) is 18.5 Å². The molecule has 3 fully saturated rings. The van der Waals surface area contributed by atoms with Crippen LogP contribution in [0.3, 0.4) is 0 Å². The number of amides is 1. The number of nitrogens with zero attached hydrogens (tertiary/aromatic N) is 5. The fourth-order valence-corrected chi connectivity index (χ4v) is 7.10. The van der Waals surface area contributed by atoms with Gasteiger partial charge in [-0.05, 0) is 70.5 Å². The summed E-state index contributed by atoms with van der Waals surface area (Å²) < 4.78 is 31.7. The molecule has 224 valence electrons. The SMILES string of the molecule is Cc1ccc(C2CCCC(CNc3cc(C(=O)N4CCC(N5CCC(N(C)S(C)(=O)=O)CC5)CC4)ncn3)O2)cc1. The molecular weight excluding hydrogens is 540 g/mol. The van der Waals surface area contributed by atoms with Gasteiger partial charge in [-0.2, -0.15) is 0 Å². The third-order valence-electron chi connectivity index (χ3n) is 9.00. The van der Waals surface area contributed by atoms with Gasteiger partial charge in [0, 0.05) is 44.8 Å². The average Bonchev–Trinajstić information content (AvgIpc) is 3.00. The van der Waals surface area contributed by atoms with Crippen LogP contribution in [0.25, 0.3) is 0 Å². The highest BCUT2D eigenvalue weighted by atomic mass is 32.2. The lowest BCUT2D eigenvalue weighted by Crippen LogP contribution is -2.52. The van der Waals surface area contributed by atoms with Crippen LogP contribution in [-0.2, 0) is 14.8 Å². The molecule has 1 aromatic carbocycles. The zero-order valence-electron chi connectivity index (χ0n) is 24.5. The van der Waals surface area contributed by atoms with E-state index in [0.717, 1.165) is 58.0 Å². The predicted molar refractivity (Wildman–Crippen MR) is 159 cm³/mol. The number of hydrogen-bond acceptors (Lipinski definition) is 8. The molecule has 5 rings (SSSR count). The third kappa shape index (κ3) is 7.63. The lowest BCUT2D eigenvalue weighted by Gasteiger charge is -2.42. The van der Waals surface area contributed by atoms with Gasteiger partial charge in [0.25, 0.3) is 5.91 Å². The molecule has 2 aromatic rings. The van der Waals surface area contributed by atoms with Crippen molar-refractivity contribution in [1.82, 2.24) is 24.1 Å². The van der Waals surface area contributed by atoms with Crippen molar-refractivity contribution in [2.24, 2.45) is 0 Å². The number of sulfonamides is 1. The molecule has 1 amide bonds. The first-order valence-corrected chi connectivity index (χ1v) is 16.8. The second-order valence-electron chi connectivity index (χ2n) is 11.8. The lowest BCUT2D eigenvalue weighted by atomic mass is 9.97. The van der Waals surface area contributed by atoms with E-state index in [2.05, 4.69) is 51.4 Å². The van der Waals surface area contributed by atoms with E-state index < -0.39 is 10.0 Å². The predicted octanol–water partition coefficient (Wildman–Crippen LogP) is 3.47. The number of anilines is 1. The Kier molecular flexibility index (Phi) is 9.58. The van der Waals surface area contributed by atoms with Crippen LogP contribution in [0.15, 0.2) is 36.7 Å². The van der Waals surface area contributed by atoms with Gasteiger partial charge >= 0.3 is 0 Å². The van der Waals surface area contributed by atoms with Crippen LogP contribution >= 0.6 is 0 Å². The summed E-state index contributed by atoms with van der Waals surface area (Å²) in [5.41, 5.74) is 2.88. The molecule has 41 heavy (non-hydrogen) atoms. The van der Waals surface area contributed by atoms with Gasteiger partial charge in [0.1, 0.15) is 17.8 Å². The van der Waals surface area contributed by atoms with Gasteiger partial charge in [-0.3, -0.25) is 4.79 Å². The Balaban J connectivity index is 1.08. The first-order valence-electron chi connectivity index (χ1n) is 14.9. The van der Waals surface area contributed by atoms with Crippen LogP contribution in [0.4, 0.5) is 5.82 Å². The molecule has 11 heteroatoms. The quantitative estimate of drug-likeness (QED) is 0.503. The minimum atomic E-state index is -3.17. The van der Waals surface area contributed by atoms with E-state index in [1.807, 2.05) is 4.90 Å². The van der Waals surface area contributed by atoms with Gasteiger partial charge in [0.15, 0.2) is 0 Å². The minimum absolute atomic E-state index is 0.0595. The van der Waals surface area contributed by atoms with Crippen molar-refractivity contribution < 1.29 is 17.9 Å². The third-order valence-corrected chi connectivity index (χ3v) is 10.3. The Morgan fingerprint density at radius 3 is 2.41 bits per heavy atom. The number of aryl methyl sites for hydroxylation is 1. The van der Waals surface area contributed by atoms with E-state index in [1.165, 1.54) is 28.0 Å². The van der Waals surface area contributed by atoms with Crippen LogP contribution in [0.1, 0.15) is 72.7 Å². The number of ether oxygens (including phenoxy) is 1. The summed E-state index contributed by atoms with van der Waals surface area (Å²) >= 11 is 0. The van der Waals surface area contributed by atoms with E-state index in [9.17, 15) is 13.2 Å². The molecule has 0 radical (unpaired) electrons. The second-order valence-corrected chi connectivity index (χ2v) is 13.9. The zero-order chi connectivity index (χ0) is 29.0. The summed E-state index contributed by atoms with van der Waals surface area (Å²) in [6.07, 6.45) is 9.58. The number of nitrogens with one attached hydrogen (secondary N) is 1. The van der Waals surface area contributed by atoms with Crippen molar-refractivity contribution in [3.05, 3.63) is 53.5 Å². The monoisotopic (exact) mass is 584 g/mol. The van der Waals surface area contributed by atoms with Crippen LogP contribution < -0.4 is 5.32 Å². The smallest absolute Gasteiger partial charge is 0.272 e. The number of likely N-dealkylation sites (tertiary alicyclic amines) is 2. The number of aromatic nitrogens is 2. The Morgan fingerprint density at radius 1 is 1.02 bits per heavy atom. The van der Waals surface area contributed by atoms with Crippen LogP contribution in [0.5, 0.6) is 0 Å². The fourth-order valence-electron chi connectivity index (χ4n) is 6.35. The number of benzene rings is 1. The molecule has 10 nitrogen and oxygen atoms in total. The van der Waals surface area contributed by atoms with Crippen molar-refractivity contribution >= 4 is 21.7 Å². The molecule has 2 unspecified atom stereocenters. The molecule has 1 aromatic heterocycles. The van der Waals surface area contributed by atoms with Crippen molar-refractivity contribution in [3.63, 3.8) is 0 Å². The van der Waals surface area contributed by atoms with Crippen LogP contribution in [-0.4, -0.2) is 103 Å². The first kappa shape index (κ1) is 29.9. The maximum absolute atomic E-state index is 13.3. The molecular formula is C30H44N6O4S. The average molecular weight is 585 g/mol. The maximum Gasteiger partial charge on any atom is 0.272 e. The van der Waals surface area contributed by atoms with Gasteiger partial charge in [0.2, 0.25) is 10.0 Å². The van der Waals surface area contributed by atoms with Crippen LogP contribution in [0, 0.1) is 6.92 Å². The topological polar surface area (TPSA) is 108 Å². The number of rotatable bonds is 8. The fraction of sp³-hybridized carbons (Fsp3) is 0.633. The summed E-state index contributed by atoms with van der Waals surface area (Å²) in [5.74, 6) is 0.581. The minimum Gasteiger partial charge on any atom is -0.368 e. The van der Waals surface area contributed by atoms with E-state index in [1.54, 1.807) is 13.1 Å². The molecule has 3 aliphatic heterocycles. The summed E-state index contributed by atoms with van der Waals surface area (Å²) in [7, 11) is -1.49. The Bertz CT molecular complexity index is 1270.